The minimum Gasteiger partial charge on any atom is -0.481 e. The largest absolute Gasteiger partial charge is 0.481 e. The van der Waals surface area contributed by atoms with E-state index in [1.54, 1.807) is 0 Å². The summed E-state index contributed by atoms with van der Waals surface area (Å²) >= 11 is 5.22. The van der Waals surface area contributed by atoms with Crippen LogP contribution in [0.3, 0.4) is 0 Å². The molecule has 1 N–H and O–H groups in total. The van der Waals surface area contributed by atoms with Crippen LogP contribution in [-0.2, 0) is 4.79 Å². The molecule has 1 rings (SSSR count). The van der Waals surface area contributed by atoms with Crippen LogP contribution in [-0.4, -0.2) is 34.4 Å². The maximum absolute atomic E-state index is 10.7. The molecule has 0 aromatic carbocycles. The Balaban J connectivity index is 2.51. The third kappa shape index (κ3) is 2.11. The standard InChI is InChI=1S/C7H10ClNO3/c8-7(12)9-3-1-2-5(4-9)6(10)11/h5H,1-4H2,(H,10,11). The fourth-order valence-electron chi connectivity index (χ4n) is 1.34. The Morgan fingerprint density at radius 1 is 1.50 bits per heavy atom. The summed E-state index contributed by atoms with van der Waals surface area (Å²) in [6.45, 7) is 0.823. The molecule has 1 amide bonds. The van der Waals surface area contributed by atoms with Gasteiger partial charge in [-0.2, -0.15) is 0 Å². The Kier molecular flexibility index (Phi) is 2.92. The van der Waals surface area contributed by atoms with Crippen LogP contribution >= 0.6 is 11.6 Å². The maximum atomic E-state index is 10.7. The fourth-order valence-corrected chi connectivity index (χ4v) is 1.49. The van der Waals surface area contributed by atoms with Gasteiger partial charge in [0, 0.05) is 13.1 Å². The zero-order chi connectivity index (χ0) is 9.14. The third-order valence-corrected chi connectivity index (χ3v) is 2.26. The van der Waals surface area contributed by atoms with Crippen LogP contribution in [0.5, 0.6) is 0 Å². The van der Waals surface area contributed by atoms with Gasteiger partial charge in [-0.1, -0.05) is 0 Å². The summed E-state index contributed by atoms with van der Waals surface area (Å²) in [5.41, 5.74) is 0. The summed E-state index contributed by atoms with van der Waals surface area (Å²) in [6, 6.07) is 0. The highest BCUT2D eigenvalue weighted by atomic mass is 35.5. The molecule has 12 heavy (non-hydrogen) atoms. The number of carbonyl (C=O) groups is 2. The highest BCUT2D eigenvalue weighted by Gasteiger charge is 2.26. The van der Waals surface area contributed by atoms with Crippen LogP contribution in [0, 0.1) is 5.92 Å². The first kappa shape index (κ1) is 9.32. The van der Waals surface area contributed by atoms with Crippen LogP contribution in [0.4, 0.5) is 4.79 Å². The quantitative estimate of drug-likeness (QED) is 0.500. The van der Waals surface area contributed by atoms with Gasteiger partial charge in [0.25, 0.3) is 0 Å². The van der Waals surface area contributed by atoms with Gasteiger partial charge in [0.2, 0.25) is 0 Å². The molecule has 0 aromatic rings. The van der Waals surface area contributed by atoms with Gasteiger partial charge in [-0.3, -0.25) is 9.59 Å². The molecule has 68 valence electrons. The lowest BCUT2D eigenvalue weighted by Crippen LogP contribution is -2.39. The second-order valence-electron chi connectivity index (χ2n) is 2.88. The van der Waals surface area contributed by atoms with Crippen LogP contribution in [0.25, 0.3) is 0 Å². The Labute approximate surface area is 75.1 Å². The van der Waals surface area contributed by atoms with E-state index in [1.165, 1.54) is 4.90 Å². The molecule has 1 heterocycles. The van der Waals surface area contributed by atoms with Gasteiger partial charge in [0.15, 0.2) is 0 Å². The number of hydrogen-bond donors (Lipinski definition) is 1. The number of nitrogens with zero attached hydrogens (tertiary/aromatic N) is 1. The van der Waals surface area contributed by atoms with Crippen molar-refractivity contribution in [1.82, 2.24) is 4.90 Å². The highest BCUT2D eigenvalue weighted by Crippen LogP contribution is 2.17. The van der Waals surface area contributed by atoms with Gasteiger partial charge >= 0.3 is 11.3 Å². The molecule has 1 unspecified atom stereocenters. The molecule has 1 fully saturated rings. The molecule has 4 nitrogen and oxygen atoms in total. The van der Waals surface area contributed by atoms with E-state index in [9.17, 15) is 9.59 Å². The number of amides is 1. The molecule has 0 spiro atoms. The van der Waals surface area contributed by atoms with E-state index >= 15 is 0 Å². The van der Waals surface area contributed by atoms with Gasteiger partial charge in [-0.25, -0.2) is 0 Å². The molecule has 5 heteroatoms. The van der Waals surface area contributed by atoms with Crippen molar-refractivity contribution in [3.05, 3.63) is 0 Å². The first-order valence-electron chi connectivity index (χ1n) is 3.78. The number of rotatable bonds is 1. The number of carboxylic acid groups (broad SMARTS) is 1. The van der Waals surface area contributed by atoms with Crippen LogP contribution < -0.4 is 0 Å². The minimum absolute atomic E-state index is 0.248. The van der Waals surface area contributed by atoms with E-state index < -0.39 is 17.3 Å². The second kappa shape index (κ2) is 3.76. The molecule has 0 bridgehead atoms. The molecule has 0 aromatic heterocycles. The van der Waals surface area contributed by atoms with Gasteiger partial charge in [-0.05, 0) is 24.4 Å². The van der Waals surface area contributed by atoms with E-state index in [-0.39, 0.29) is 6.54 Å². The van der Waals surface area contributed by atoms with E-state index in [1.807, 2.05) is 0 Å². The maximum Gasteiger partial charge on any atom is 0.316 e. The number of hydrogen-bond acceptors (Lipinski definition) is 2. The van der Waals surface area contributed by atoms with Crippen molar-refractivity contribution in [2.75, 3.05) is 13.1 Å². The van der Waals surface area contributed by atoms with E-state index in [2.05, 4.69) is 0 Å². The van der Waals surface area contributed by atoms with E-state index in [0.717, 1.165) is 6.42 Å². The smallest absolute Gasteiger partial charge is 0.316 e. The summed E-state index contributed by atoms with van der Waals surface area (Å²) < 4.78 is 0. The van der Waals surface area contributed by atoms with Crippen molar-refractivity contribution in [2.45, 2.75) is 12.8 Å². The normalized spacial score (nSPS) is 23.8. The fraction of sp³-hybridized carbons (Fsp3) is 0.714. The summed E-state index contributed by atoms with van der Waals surface area (Å²) in [6.07, 6.45) is 1.35. The number of carboxylic acids is 1. The number of halogens is 1. The summed E-state index contributed by atoms with van der Waals surface area (Å²) in [5, 5.41) is 8.10. The molecular weight excluding hydrogens is 182 g/mol. The zero-order valence-corrected chi connectivity index (χ0v) is 7.25. The van der Waals surface area contributed by atoms with Crippen molar-refractivity contribution in [3.63, 3.8) is 0 Å². The predicted molar refractivity (Wildman–Crippen MR) is 43.2 cm³/mol. The van der Waals surface area contributed by atoms with Crippen molar-refractivity contribution in [1.29, 1.82) is 0 Å². The van der Waals surface area contributed by atoms with Crippen LogP contribution in [0.2, 0.25) is 0 Å². The average Bonchev–Trinajstić information content (AvgIpc) is 2.04. The molecule has 0 radical (unpaired) electrons. The predicted octanol–water partition coefficient (Wildman–Crippen LogP) is 1.14. The lowest BCUT2D eigenvalue weighted by atomic mass is 9.99. The highest BCUT2D eigenvalue weighted by molar-refractivity contribution is 6.62. The van der Waals surface area contributed by atoms with Crippen molar-refractivity contribution < 1.29 is 14.7 Å². The van der Waals surface area contributed by atoms with Gasteiger partial charge in [-0.15, -0.1) is 0 Å². The first-order valence-corrected chi connectivity index (χ1v) is 4.16. The van der Waals surface area contributed by atoms with Crippen LogP contribution in [0.15, 0.2) is 0 Å². The Bertz CT molecular complexity index is 187. The van der Waals surface area contributed by atoms with Crippen molar-refractivity contribution in [3.8, 4) is 0 Å². The monoisotopic (exact) mass is 191 g/mol. The third-order valence-electron chi connectivity index (χ3n) is 2.02. The van der Waals surface area contributed by atoms with Crippen LogP contribution in [0.1, 0.15) is 12.8 Å². The lowest BCUT2D eigenvalue weighted by Gasteiger charge is -2.28. The van der Waals surface area contributed by atoms with E-state index in [4.69, 9.17) is 16.7 Å². The lowest BCUT2D eigenvalue weighted by molar-refractivity contribution is -0.143. The van der Waals surface area contributed by atoms with Crippen molar-refractivity contribution >= 4 is 22.9 Å². The van der Waals surface area contributed by atoms with E-state index in [0.29, 0.717) is 13.0 Å². The van der Waals surface area contributed by atoms with Gasteiger partial charge in [0.05, 0.1) is 5.92 Å². The second-order valence-corrected chi connectivity index (χ2v) is 3.20. The molecule has 0 aliphatic carbocycles. The Morgan fingerprint density at radius 2 is 2.17 bits per heavy atom. The summed E-state index contributed by atoms with van der Waals surface area (Å²) in [5.74, 6) is -1.29. The number of likely N-dealkylation sites (tertiary alicyclic amines) is 1. The Hall–Kier alpha value is -0.770. The van der Waals surface area contributed by atoms with Gasteiger partial charge < -0.3 is 10.0 Å². The minimum atomic E-state index is -0.849. The van der Waals surface area contributed by atoms with Gasteiger partial charge in [0.1, 0.15) is 0 Å². The average molecular weight is 192 g/mol. The number of piperidine rings is 1. The first-order chi connectivity index (χ1) is 5.61. The van der Waals surface area contributed by atoms with Crippen molar-refractivity contribution in [2.24, 2.45) is 5.92 Å². The molecule has 1 aliphatic heterocycles. The molecule has 1 aliphatic rings. The SMILES string of the molecule is O=C(O)C1CCCN(C(=O)Cl)C1. The molecular formula is C7H10ClNO3. The zero-order valence-electron chi connectivity index (χ0n) is 6.49. The molecule has 1 saturated heterocycles. The topological polar surface area (TPSA) is 57.6 Å². The molecule has 0 saturated carbocycles. The summed E-state index contributed by atoms with van der Waals surface area (Å²) in [7, 11) is 0. The summed E-state index contributed by atoms with van der Waals surface area (Å²) in [4.78, 5) is 22.6. The molecule has 1 atom stereocenters. The number of carbonyl (C=O) groups excluding carboxylic acids is 1. The Morgan fingerprint density at radius 3 is 2.67 bits per heavy atom. The number of aliphatic carboxylic acids is 1.